The molecular formula is C18H20N2OS. The van der Waals surface area contributed by atoms with E-state index in [9.17, 15) is 4.79 Å². The van der Waals surface area contributed by atoms with Gasteiger partial charge in [0.2, 0.25) is 0 Å². The monoisotopic (exact) mass is 312 g/mol. The number of carbonyl (C=O) groups excluding carboxylic acids is 1. The molecule has 1 fully saturated rings. The molecule has 4 heteroatoms. The van der Waals surface area contributed by atoms with E-state index in [1.807, 2.05) is 17.0 Å². The molecule has 1 aliphatic heterocycles. The average molecular weight is 312 g/mol. The highest BCUT2D eigenvalue weighted by Gasteiger charge is 2.22. The smallest absolute Gasteiger partial charge is 0.256 e. The lowest BCUT2D eigenvalue weighted by Gasteiger charge is -2.17. The number of hydrogen-bond donors (Lipinski definition) is 0. The molecule has 2 heterocycles. The number of aromatic nitrogens is 1. The zero-order chi connectivity index (χ0) is 15.5. The van der Waals surface area contributed by atoms with Gasteiger partial charge in [0.25, 0.3) is 5.91 Å². The fourth-order valence-corrected chi connectivity index (χ4v) is 3.59. The summed E-state index contributed by atoms with van der Waals surface area (Å²) in [4.78, 5) is 20.1. The highest BCUT2D eigenvalue weighted by Crippen LogP contribution is 2.30. The van der Waals surface area contributed by atoms with Crippen molar-refractivity contribution in [2.24, 2.45) is 0 Å². The SMILES string of the molecule is Cc1ccc(Sc2ncccc2C(=O)N2CCCC2)cc1C. The lowest BCUT2D eigenvalue weighted by atomic mass is 10.1. The fraction of sp³-hybridized carbons (Fsp3) is 0.333. The molecule has 3 nitrogen and oxygen atoms in total. The molecule has 0 radical (unpaired) electrons. The van der Waals surface area contributed by atoms with E-state index >= 15 is 0 Å². The maximum absolute atomic E-state index is 12.7. The summed E-state index contributed by atoms with van der Waals surface area (Å²) < 4.78 is 0. The topological polar surface area (TPSA) is 33.2 Å². The van der Waals surface area contributed by atoms with Gasteiger partial charge >= 0.3 is 0 Å². The van der Waals surface area contributed by atoms with Crippen LogP contribution in [0.1, 0.15) is 34.3 Å². The second-order valence-electron chi connectivity index (χ2n) is 5.70. The molecule has 2 aromatic rings. The molecule has 1 aromatic heterocycles. The van der Waals surface area contributed by atoms with Crippen molar-refractivity contribution < 1.29 is 4.79 Å². The van der Waals surface area contributed by atoms with Gasteiger partial charge in [0.15, 0.2) is 0 Å². The van der Waals surface area contributed by atoms with Crippen LogP contribution in [0.5, 0.6) is 0 Å². The van der Waals surface area contributed by atoms with E-state index in [2.05, 4.69) is 37.0 Å². The predicted molar refractivity (Wildman–Crippen MR) is 89.4 cm³/mol. The molecule has 3 rings (SSSR count). The van der Waals surface area contributed by atoms with Gasteiger partial charge in [-0.25, -0.2) is 4.98 Å². The van der Waals surface area contributed by atoms with Crippen molar-refractivity contribution in [3.05, 3.63) is 53.2 Å². The standard InChI is InChI=1S/C18H20N2OS/c1-13-7-8-15(12-14(13)2)22-17-16(6-5-9-19-17)18(21)20-10-3-4-11-20/h5-9,12H,3-4,10-11H2,1-2H3. The van der Waals surface area contributed by atoms with Gasteiger partial charge < -0.3 is 4.90 Å². The van der Waals surface area contributed by atoms with Crippen LogP contribution in [0.4, 0.5) is 0 Å². The molecule has 0 atom stereocenters. The van der Waals surface area contributed by atoms with Crippen LogP contribution < -0.4 is 0 Å². The van der Waals surface area contributed by atoms with E-state index in [0.29, 0.717) is 5.56 Å². The summed E-state index contributed by atoms with van der Waals surface area (Å²) in [5.41, 5.74) is 3.25. The quantitative estimate of drug-likeness (QED) is 0.856. The van der Waals surface area contributed by atoms with E-state index < -0.39 is 0 Å². The van der Waals surface area contributed by atoms with Crippen LogP contribution in [0.2, 0.25) is 0 Å². The Morgan fingerprint density at radius 3 is 2.64 bits per heavy atom. The minimum absolute atomic E-state index is 0.108. The Labute approximate surface area is 135 Å². The first-order chi connectivity index (χ1) is 10.6. The summed E-state index contributed by atoms with van der Waals surface area (Å²) in [6.07, 6.45) is 3.96. The van der Waals surface area contributed by atoms with Crippen molar-refractivity contribution in [2.75, 3.05) is 13.1 Å². The molecule has 0 unspecified atom stereocenters. The predicted octanol–water partition coefficient (Wildman–Crippen LogP) is 4.09. The van der Waals surface area contributed by atoms with Crippen molar-refractivity contribution in [1.29, 1.82) is 0 Å². The number of pyridine rings is 1. The minimum Gasteiger partial charge on any atom is -0.339 e. The number of rotatable bonds is 3. The minimum atomic E-state index is 0.108. The summed E-state index contributed by atoms with van der Waals surface area (Å²) in [6, 6.07) is 10.1. The third-order valence-electron chi connectivity index (χ3n) is 4.09. The average Bonchev–Trinajstić information content (AvgIpc) is 3.05. The number of amides is 1. The molecule has 1 aliphatic rings. The number of carbonyl (C=O) groups is 1. The Morgan fingerprint density at radius 1 is 1.14 bits per heavy atom. The van der Waals surface area contributed by atoms with Gasteiger partial charge in [0.05, 0.1) is 5.56 Å². The van der Waals surface area contributed by atoms with Crippen molar-refractivity contribution in [3.8, 4) is 0 Å². The molecule has 114 valence electrons. The molecule has 0 N–H and O–H groups in total. The molecule has 1 saturated heterocycles. The summed E-state index contributed by atoms with van der Waals surface area (Å²) in [6.45, 7) is 5.93. The Kier molecular flexibility index (Phi) is 4.48. The first-order valence-corrected chi connectivity index (χ1v) is 8.46. The van der Waals surface area contributed by atoms with Gasteiger partial charge in [-0.15, -0.1) is 0 Å². The zero-order valence-corrected chi connectivity index (χ0v) is 13.8. The maximum Gasteiger partial charge on any atom is 0.256 e. The first-order valence-electron chi connectivity index (χ1n) is 7.64. The molecule has 1 amide bonds. The summed E-state index contributed by atoms with van der Waals surface area (Å²) in [7, 11) is 0. The van der Waals surface area contributed by atoms with Crippen molar-refractivity contribution in [3.63, 3.8) is 0 Å². The van der Waals surface area contributed by atoms with Crippen molar-refractivity contribution in [1.82, 2.24) is 9.88 Å². The summed E-state index contributed by atoms with van der Waals surface area (Å²) in [5, 5.41) is 0.794. The highest BCUT2D eigenvalue weighted by atomic mass is 32.2. The fourth-order valence-electron chi connectivity index (χ4n) is 2.61. The number of hydrogen-bond acceptors (Lipinski definition) is 3. The van der Waals surface area contributed by atoms with Gasteiger partial charge in [-0.2, -0.15) is 0 Å². The lowest BCUT2D eigenvalue weighted by Crippen LogP contribution is -2.28. The Hall–Kier alpha value is -1.81. The van der Waals surface area contributed by atoms with Crippen LogP contribution in [-0.4, -0.2) is 28.9 Å². The van der Waals surface area contributed by atoms with Gasteiger partial charge in [-0.05, 0) is 62.1 Å². The highest BCUT2D eigenvalue weighted by molar-refractivity contribution is 7.99. The number of nitrogens with zero attached hydrogens (tertiary/aromatic N) is 2. The number of aryl methyl sites for hydroxylation is 2. The summed E-state index contributed by atoms with van der Waals surface area (Å²) in [5.74, 6) is 0.108. The Bertz CT molecular complexity index is 693. The third-order valence-corrected chi connectivity index (χ3v) is 5.10. The van der Waals surface area contributed by atoms with Gasteiger partial charge in [0, 0.05) is 24.2 Å². The normalized spacial score (nSPS) is 14.4. The first kappa shape index (κ1) is 15.1. The number of likely N-dealkylation sites (tertiary alicyclic amines) is 1. The van der Waals surface area contributed by atoms with Gasteiger partial charge in [-0.1, -0.05) is 17.8 Å². The maximum atomic E-state index is 12.7. The van der Waals surface area contributed by atoms with Crippen LogP contribution >= 0.6 is 11.8 Å². The summed E-state index contributed by atoms with van der Waals surface area (Å²) >= 11 is 1.57. The van der Waals surface area contributed by atoms with Crippen LogP contribution in [0.15, 0.2) is 46.5 Å². The van der Waals surface area contributed by atoms with Crippen molar-refractivity contribution >= 4 is 17.7 Å². The van der Waals surface area contributed by atoms with Gasteiger partial charge in [0.1, 0.15) is 5.03 Å². The Morgan fingerprint density at radius 2 is 1.91 bits per heavy atom. The van der Waals surface area contributed by atoms with E-state index in [1.54, 1.807) is 18.0 Å². The molecule has 1 aromatic carbocycles. The number of benzene rings is 1. The molecule has 22 heavy (non-hydrogen) atoms. The van der Waals surface area contributed by atoms with Gasteiger partial charge in [-0.3, -0.25) is 4.79 Å². The Balaban J connectivity index is 1.87. The lowest BCUT2D eigenvalue weighted by molar-refractivity contribution is 0.0788. The zero-order valence-electron chi connectivity index (χ0n) is 13.0. The molecular weight excluding hydrogens is 292 g/mol. The van der Waals surface area contributed by atoms with E-state index in [4.69, 9.17) is 0 Å². The van der Waals surface area contributed by atoms with Crippen LogP contribution in [0, 0.1) is 13.8 Å². The largest absolute Gasteiger partial charge is 0.339 e. The van der Waals surface area contributed by atoms with E-state index in [1.165, 1.54) is 11.1 Å². The second kappa shape index (κ2) is 6.53. The molecule has 0 bridgehead atoms. The van der Waals surface area contributed by atoms with Crippen LogP contribution in [-0.2, 0) is 0 Å². The van der Waals surface area contributed by atoms with Crippen molar-refractivity contribution in [2.45, 2.75) is 36.6 Å². The van der Waals surface area contributed by atoms with E-state index in [0.717, 1.165) is 35.9 Å². The molecule has 0 spiro atoms. The van der Waals surface area contributed by atoms with Crippen LogP contribution in [0.25, 0.3) is 0 Å². The second-order valence-corrected chi connectivity index (χ2v) is 6.77. The molecule has 0 saturated carbocycles. The molecule has 0 aliphatic carbocycles. The van der Waals surface area contributed by atoms with E-state index in [-0.39, 0.29) is 5.91 Å². The van der Waals surface area contributed by atoms with Crippen LogP contribution in [0.3, 0.4) is 0 Å². The third kappa shape index (κ3) is 3.17.